The Morgan fingerprint density at radius 1 is 1.15 bits per heavy atom. The van der Waals surface area contributed by atoms with Crippen LogP contribution in [0.2, 0.25) is 0 Å². The lowest BCUT2D eigenvalue weighted by Crippen LogP contribution is -2.21. The minimum atomic E-state index is -0.618. The Morgan fingerprint density at radius 3 is 2.65 bits per heavy atom. The van der Waals surface area contributed by atoms with Gasteiger partial charge in [-0.25, -0.2) is 0 Å². The van der Waals surface area contributed by atoms with Gasteiger partial charge in [-0.15, -0.1) is 0 Å². The van der Waals surface area contributed by atoms with Crippen molar-refractivity contribution in [2.24, 2.45) is 16.7 Å². The van der Waals surface area contributed by atoms with Crippen LogP contribution in [-0.2, 0) is 4.79 Å². The normalized spacial score (nSPS) is 40.8. The molecule has 1 fully saturated rings. The van der Waals surface area contributed by atoms with E-state index in [0.29, 0.717) is 5.92 Å². The topological polar surface area (TPSA) is 37.3 Å². The highest BCUT2D eigenvalue weighted by Crippen LogP contribution is 2.79. The molecule has 3 aliphatic rings. The highest BCUT2D eigenvalue weighted by molar-refractivity contribution is 5.79. The van der Waals surface area contributed by atoms with Crippen LogP contribution < -0.4 is 0 Å². The summed E-state index contributed by atoms with van der Waals surface area (Å²) in [6.45, 7) is 0. The van der Waals surface area contributed by atoms with Crippen LogP contribution in [0.15, 0.2) is 54.6 Å². The molecule has 1 aromatic rings. The number of hydrogen-bond donors (Lipinski definition) is 1. The number of rotatable bonds is 2. The summed E-state index contributed by atoms with van der Waals surface area (Å²) in [6, 6.07) is 10.4. The van der Waals surface area contributed by atoms with Crippen molar-refractivity contribution in [2.75, 3.05) is 0 Å². The zero-order valence-corrected chi connectivity index (χ0v) is 11.3. The van der Waals surface area contributed by atoms with E-state index >= 15 is 0 Å². The molecule has 0 bridgehead atoms. The Labute approximate surface area is 118 Å². The maximum absolute atomic E-state index is 11.7. The van der Waals surface area contributed by atoms with Crippen LogP contribution in [-0.4, -0.2) is 11.1 Å². The van der Waals surface area contributed by atoms with Gasteiger partial charge in [0.2, 0.25) is 0 Å². The van der Waals surface area contributed by atoms with E-state index < -0.39 is 5.97 Å². The summed E-state index contributed by atoms with van der Waals surface area (Å²) < 4.78 is 0. The molecular weight excluding hydrogens is 248 g/mol. The molecule has 0 heterocycles. The van der Waals surface area contributed by atoms with Crippen LogP contribution in [0.3, 0.4) is 0 Å². The zero-order chi connectivity index (χ0) is 13.8. The standard InChI is InChI=1S/C18H18O2/c19-16(20)15-17-9-4-5-10-18(15,17)12-14(8-11-17)13-6-2-1-3-7-13/h1-8,11,14-15H,9-10,12H2,(H,19,20)/t14-,15+,17?,18?/m1/s1. The largest absolute Gasteiger partial charge is 0.481 e. The number of allylic oxidation sites excluding steroid dienone is 4. The second-order valence-corrected chi connectivity index (χ2v) is 6.43. The molecule has 3 aliphatic carbocycles. The predicted molar refractivity (Wildman–Crippen MR) is 77.3 cm³/mol. The molecule has 1 saturated carbocycles. The van der Waals surface area contributed by atoms with Crippen LogP contribution >= 0.6 is 0 Å². The van der Waals surface area contributed by atoms with Gasteiger partial charge >= 0.3 is 5.97 Å². The molecule has 20 heavy (non-hydrogen) atoms. The van der Waals surface area contributed by atoms with E-state index in [4.69, 9.17) is 0 Å². The Morgan fingerprint density at radius 2 is 1.90 bits per heavy atom. The first-order chi connectivity index (χ1) is 9.70. The summed E-state index contributed by atoms with van der Waals surface area (Å²) >= 11 is 0. The number of aliphatic carboxylic acids is 1. The lowest BCUT2D eigenvalue weighted by atomic mass is 9.72. The summed E-state index contributed by atoms with van der Waals surface area (Å²) in [7, 11) is 0. The average Bonchev–Trinajstić information content (AvgIpc) is 3.11. The Bertz CT molecular complexity index is 616. The second-order valence-electron chi connectivity index (χ2n) is 6.43. The van der Waals surface area contributed by atoms with Crippen molar-refractivity contribution in [3.05, 3.63) is 60.2 Å². The Kier molecular flexibility index (Phi) is 2.30. The molecule has 0 radical (unpaired) electrons. The van der Waals surface area contributed by atoms with Gasteiger partial charge in [-0.3, -0.25) is 4.79 Å². The molecule has 0 amide bonds. The first-order valence-electron chi connectivity index (χ1n) is 7.32. The third kappa shape index (κ3) is 1.32. The number of benzene rings is 1. The number of hydrogen-bond acceptors (Lipinski definition) is 1. The van der Waals surface area contributed by atoms with Crippen molar-refractivity contribution in [1.29, 1.82) is 0 Å². The molecule has 1 aromatic carbocycles. The minimum Gasteiger partial charge on any atom is -0.481 e. The predicted octanol–water partition coefficient (Wildman–Crippen LogP) is 3.77. The van der Waals surface area contributed by atoms with Crippen molar-refractivity contribution in [1.82, 2.24) is 0 Å². The molecule has 1 N–H and O–H groups in total. The third-order valence-corrected chi connectivity index (χ3v) is 5.70. The monoisotopic (exact) mass is 266 g/mol. The van der Waals surface area contributed by atoms with Gasteiger partial charge in [0, 0.05) is 11.3 Å². The summed E-state index contributed by atoms with van der Waals surface area (Å²) in [5.74, 6) is -0.456. The first kappa shape index (κ1) is 12.0. The number of carbonyl (C=O) groups is 1. The van der Waals surface area contributed by atoms with E-state index in [1.54, 1.807) is 0 Å². The van der Waals surface area contributed by atoms with E-state index in [0.717, 1.165) is 19.3 Å². The second kappa shape index (κ2) is 3.85. The van der Waals surface area contributed by atoms with E-state index in [1.165, 1.54) is 5.56 Å². The SMILES string of the molecule is O=C(O)[C@H]1C23C=C[C@@H](c4ccccc4)CC12CC=CC3. The molecule has 4 rings (SSSR count). The third-order valence-electron chi connectivity index (χ3n) is 5.70. The number of carboxylic acid groups (broad SMARTS) is 1. The van der Waals surface area contributed by atoms with E-state index in [1.807, 2.05) is 6.07 Å². The maximum atomic E-state index is 11.7. The van der Waals surface area contributed by atoms with Gasteiger partial charge in [-0.1, -0.05) is 54.6 Å². The van der Waals surface area contributed by atoms with Gasteiger partial charge < -0.3 is 5.11 Å². The quantitative estimate of drug-likeness (QED) is 0.827. The molecule has 0 aromatic heterocycles. The van der Waals surface area contributed by atoms with Crippen LogP contribution in [0.25, 0.3) is 0 Å². The van der Waals surface area contributed by atoms with Crippen molar-refractivity contribution < 1.29 is 9.90 Å². The van der Waals surface area contributed by atoms with Gasteiger partial charge in [-0.2, -0.15) is 0 Å². The molecule has 0 saturated heterocycles. The van der Waals surface area contributed by atoms with Crippen molar-refractivity contribution >= 4 is 5.97 Å². The lowest BCUT2D eigenvalue weighted by molar-refractivity contribution is -0.139. The Balaban J connectivity index is 1.73. The van der Waals surface area contributed by atoms with Crippen LogP contribution in [0.5, 0.6) is 0 Å². The molecule has 0 spiro atoms. The maximum Gasteiger partial charge on any atom is 0.308 e. The summed E-state index contributed by atoms with van der Waals surface area (Å²) in [6.07, 6.45) is 11.6. The summed E-state index contributed by atoms with van der Waals surface area (Å²) in [5, 5.41) is 9.60. The lowest BCUT2D eigenvalue weighted by Gasteiger charge is -2.32. The molecule has 102 valence electrons. The molecule has 2 heteroatoms. The Hall–Kier alpha value is -1.83. The average molecular weight is 266 g/mol. The van der Waals surface area contributed by atoms with Gasteiger partial charge in [0.25, 0.3) is 0 Å². The molecule has 0 aliphatic heterocycles. The fourth-order valence-corrected chi connectivity index (χ4v) is 4.75. The molecule has 2 unspecified atom stereocenters. The highest BCUT2D eigenvalue weighted by Gasteiger charge is 2.78. The van der Waals surface area contributed by atoms with Gasteiger partial charge in [0.05, 0.1) is 5.92 Å². The number of carboxylic acids is 1. The fourth-order valence-electron chi connectivity index (χ4n) is 4.75. The molecule has 4 atom stereocenters. The highest BCUT2D eigenvalue weighted by atomic mass is 16.4. The zero-order valence-electron chi connectivity index (χ0n) is 11.3. The van der Waals surface area contributed by atoms with Gasteiger partial charge in [-0.05, 0) is 30.2 Å². The van der Waals surface area contributed by atoms with Gasteiger partial charge in [0.15, 0.2) is 0 Å². The smallest absolute Gasteiger partial charge is 0.308 e. The summed E-state index contributed by atoms with van der Waals surface area (Å²) in [4.78, 5) is 11.7. The van der Waals surface area contributed by atoms with Gasteiger partial charge in [0.1, 0.15) is 0 Å². The van der Waals surface area contributed by atoms with Crippen LogP contribution in [0.4, 0.5) is 0 Å². The van der Waals surface area contributed by atoms with Crippen LogP contribution in [0.1, 0.15) is 30.7 Å². The first-order valence-corrected chi connectivity index (χ1v) is 7.32. The van der Waals surface area contributed by atoms with E-state index in [2.05, 4.69) is 48.6 Å². The van der Waals surface area contributed by atoms with E-state index in [9.17, 15) is 9.90 Å². The van der Waals surface area contributed by atoms with Crippen molar-refractivity contribution in [2.45, 2.75) is 25.2 Å². The molecular formula is C18H18O2. The van der Waals surface area contributed by atoms with Crippen molar-refractivity contribution in [3.63, 3.8) is 0 Å². The van der Waals surface area contributed by atoms with Crippen molar-refractivity contribution in [3.8, 4) is 0 Å². The fraction of sp³-hybridized carbons (Fsp3) is 0.389. The molecule has 2 nitrogen and oxygen atoms in total. The minimum absolute atomic E-state index is 0.0388. The summed E-state index contributed by atoms with van der Waals surface area (Å²) in [5.41, 5.74) is 1.17. The van der Waals surface area contributed by atoms with Crippen LogP contribution in [0, 0.1) is 16.7 Å². The van der Waals surface area contributed by atoms with E-state index in [-0.39, 0.29) is 16.7 Å².